The van der Waals surface area contributed by atoms with Crippen LogP contribution in [0.1, 0.15) is 25.0 Å². The second kappa shape index (κ2) is 10.6. The van der Waals surface area contributed by atoms with Gasteiger partial charge in [-0.25, -0.2) is 4.98 Å². The van der Waals surface area contributed by atoms with Gasteiger partial charge in [-0.1, -0.05) is 31.3 Å². The van der Waals surface area contributed by atoms with E-state index in [0.717, 1.165) is 40.7 Å². The summed E-state index contributed by atoms with van der Waals surface area (Å²) in [5.41, 5.74) is 3.30. The van der Waals surface area contributed by atoms with Crippen molar-refractivity contribution in [3.63, 3.8) is 0 Å². The van der Waals surface area contributed by atoms with E-state index in [9.17, 15) is 4.79 Å². The molecule has 0 saturated heterocycles. The maximum Gasteiger partial charge on any atom is 0.266 e. The summed E-state index contributed by atoms with van der Waals surface area (Å²) in [7, 11) is 1.62. The van der Waals surface area contributed by atoms with Crippen molar-refractivity contribution in [3.8, 4) is 11.5 Å². The molecule has 166 valence electrons. The zero-order chi connectivity index (χ0) is 22.4. The summed E-state index contributed by atoms with van der Waals surface area (Å²) in [6.45, 7) is 11.6. The lowest BCUT2D eigenvalue weighted by Gasteiger charge is -2.24. The van der Waals surface area contributed by atoms with Gasteiger partial charge in [-0.15, -0.1) is 0 Å². The Morgan fingerprint density at radius 3 is 2.35 bits per heavy atom. The standard InChI is InChI=1S/C24H31N3O3S/c1-6-26(7-2)12-13-27(22(28)16-30-20-10-8-19(29-5)9-11-20)24-25-21-15-17(3)14-18(4)23(21)31-24/h8-11,14-15H,6-7,12-13,16H2,1-5H3. The molecule has 31 heavy (non-hydrogen) atoms. The highest BCUT2D eigenvalue weighted by Crippen LogP contribution is 2.32. The Labute approximate surface area is 188 Å². The summed E-state index contributed by atoms with van der Waals surface area (Å²) in [5.74, 6) is 1.28. The van der Waals surface area contributed by atoms with Crippen molar-refractivity contribution in [2.24, 2.45) is 0 Å². The van der Waals surface area contributed by atoms with Crippen LogP contribution in [0.25, 0.3) is 10.2 Å². The largest absolute Gasteiger partial charge is 0.497 e. The first-order chi connectivity index (χ1) is 14.9. The maximum absolute atomic E-state index is 13.2. The number of aryl methyl sites for hydroxylation is 2. The third kappa shape index (κ3) is 5.74. The van der Waals surface area contributed by atoms with E-state index in [1.165, 1.54) is 11.1 Å². The monoisotopic (exact) mass is 441 g/mol. The molecule has 3 aromatic rings. The molecular weight excluding hydrogens is 410 g/mol. The maximum atomic E-state index is 13.2. The van der Waals surface area contributed by atoms with Crippen LogP contribution < -0.4 is 14.4 Å². The minimum Gasteiger partial charge on any atom is -0.497 e. The topological polar surface area (TPSA) is 54.9 Å². The number of thiazole rings is 1. The van der Waals surface area contributed by atoms with Crippen LogP contribution in [0.4, 0.5) is 5.13 Å². The van der Waals surface area contributed by atoms with Gasteiger partial charge in [-0.05, 0) is 68.4 Å². The second-order valence-corrected chi connectivity index (χ2v) is 8.44. The predicted molar refractivity (Wildman–Crippen MR) is 128 cm³/mol. The number of nitrogens with zero attached hydrogens (tertiary/aromatic N) is 3. The van der Waals surface area contributed by atoms with Crippen molar-refractivity contribution in [1.29, 1.82) is 0 Å². The van der Waals surface area contributed by atoms with Crippen LogP contribution in [-0.4, -0.2) is 55.7 Å². The molecule has 0 spiro atoms. The van der Waals surface area contributed by atoms with Gasteiger partial charge in [0.25, 0.3) is 5.91 Å². The highest BCUT2D eigenvalue weighted by atomic mass is 32.1. The molecule has 1 aromatic heterocycles. The molecule has 0 aliphatic carbocycles. The number of likely N-dealkylation sites (N-methyl/N-ethyl adjacent to an activating group) is 1. The van der Waals surface area contributed by atoms with Crippen LogP contribution in [0.3, 0.4) is 0 Å². The van der Waals surface area contributed by atoms with Crippen molar-refractivity contribution in [1.82, 2.24) is 9.88 Å². The van der Waals surface area contributed by atoms with Crippen LogP contribution >= 0.6 is 11.3 Å². The van der Waals surface area contributed by atoms with Gasteiger partial charge >= 0.3 is 0 Å². The molecule has 0 bridgehead atoms. The molecule has 0 aliphatic rings. The van der Waals surface area contributed by atoms with E-state index in [4.69, 9.17) is 14.5 Å². The van der Waals surface area contributed by atoms with Crippen LogP contribution in [0.15, 0.2) is 36.4 Å². The van der Waals surface area contributed by atoms with E-state index in [1.54, 1.807) is 35.5 Å². The van der Waals surface area contributed by atoms with E-state index in [1.807, 2.05) is 12.1 Å². The Hall–Kier alpha value is -2.64. The summed E-state index contributed by atoms with van der Waals surface area (Å²) in [6, 6.07) is 11.5. The van der Waals surface area contributed by atoms with Crippen molar-refractivity contribution in [3.05, 3.63) is 47.5 Å². The van der Waals surface area contributed by atoms with Gasteiger partial charge in [0.1, 0.15) is 11.5 Å². The third-order valence-electron chi connectivity index (χ3n) is 5.30. The molecular formula is C24H31N3O3S. The first kappa shape index (κ1) is 23.0. The SMILES string of the molecule is CCN(CC)CCN(C(=O)COc1ccc(OC)cc1)c1nc2cc(C)cc(C)c2s1. The number of ether oxygens (including phenoxy) is 2. The Morgan fingerprint density at radius 2 is 1.71 bits per heavy atom. The predicted octanol–water partition coefficient (Wildman–Crippen LogP) is 4.68. The zero-order valence-corrected chi connectivity index (χ0v) is 19.8. The number of hydrogen-bond donors (Lipinski definition) is 0. The van der Waals surface area contributed by atoms with E-state index in [-0.39, 0.29) is 12.5 Å². The smallest absolute Gasteiger partial charge is 0.266 e. The number of fused-ring (bicyclic) bond motifs is 1. The highest BCUT2D eigenvalue weighted by molar-refractivity contribution is 7.22. The molecule has 1 heterocycles. The number of aromatic nitrogens is 1. The Bertz CT molecular complexity index is 1010. The summed E-state index contributed by atoms with van der Waals surface area (Å²) in [4.78, 5) is 22.0. The van der Waals surface area contributed by atoms with E-state index < -0.39 is 0 Å². The van der Waals surface area contributed by atoms with Gasteiger partial charge in [0.05, 0.1) is 17.3 Å². The fourth-order valence-electron chi connectivity index (χ4n) is 3.48. The van der Waals surface area contributed by atoms with Gasteiger partial charge in [-0.2, -0.15) is 0 Å². The number of rotatable bonds is 10. The number of methoxy groups -OCH3 is 1. The van der Waals surface area contributed by atoms with Crippen LogP contribution in [-0.2, 0) is 4.79 Å². The van der Waals surface area contributed by atoms with Crippen LogP contribution in [0.5, 0.6) is 11.5 Å². The molecule has 2 aromatic carbocycles. The first-order valence-electron chi connectivity index (χ1n) is 10.6. The normalized spacial score (nSPS) is 11.2. The molecule has 7 heteroatoms. The number of carbonyl (C=O) groups is 1. The number of amides is 1. The van der Waals surface area contributed by atoms with Crippen molar-refractivity contribution >= 4 is 32.6 Å². The minimum atomic E-state index is -0.101. The molecule has 0 atom stereocenters. The Kier molecular flexibility index (Phi) is 7.87. The quantitative estimate of drug-likeness (QED) is 0.457. The van der Waals surface area contributed by atoms with Gasteiger partial charge < -0.3 is 14.4 Å². The molecule has 3 rings (SSSR count). The van der Waals surface area contributed by atoms with Gasteiger partial charge in [0.2, 0.25) is 0 Å². The number of anilines is 1. The number of benzene rings is 2. The summed E-state index contributed by atoms with van der Waals surface area (Å²) >= 11 is 1.57. The molecule has 0 N–H and O–H groups in total. The molecule has 6 nitrogen and oxygen atoms in total. The van der Waals surface area contributed by atoms with Crippen molar-refractivity contribution in [2.75, 3.05) is 44.8 Å². The fraction of sp³-hybridized carbons (Fsp3) is 0.417. The summed E-state index contributed by atoms with van der Waals surface area (Å²) in [5, 5.41) is 0.721. The lowest BCUT2D eigenvalue weighted by Crippen LogP contribution is -2.41. The zero-order valence-electron chi connectivity index (χ0n) is 19.0. The Morgan fingerprint density at radius 1 is 1.03 bits per heavy atom. The summed E-state index contributed by atoms with van der Waals surface area (Å²) in [6.07, 6.45) is 0. The van der Waals surface area contributed by atoms with Crippen molar-refractivity contribution in [2.45, 2.75) is 27.7 Å². The van der Waals surface area contributed by atoms with E-state index >= 15 is 0 Å². The minimum absolute atomic E-state index is 0.0431. The van der Waals surface area contributed by atoms with Gasteiger partial charge in [0.15, 0.2) is 11.7 Å². The van der Waals surface area contributed by atoms with Gasteiger partial charge in [-0.3, -0.25) is 9.69 Å². The number of carbonyl (C=O) groups excluding carboxylic acids is 1. The molecule has 0 fully saturated rings. The van der Waals surface area contributed by atoms with Gasteiger partial charge in [0, 0.05) is 13.1 Å². The van der Waals surface area contributed by atoms with Crippen molar-refractivity contribution < 1.29 is 14.3 Å². The first-order valence-corrected chi connectivity index (χ1v) is 11.4. The average molecular weight is 442 g/mol. The molecule has 1 amide bonds. The molecule has 0 unspecified atom stereocenters. The summed E-state index contributed by atoms with van der Waals surface area (Å²) < 4.78 is 12.1. The van der Waals surface area contributed by atoms with E-state index in [0.29, 0.717) is 12.3 Å². The molecule has 0 radical (unpaired) electrons. The van der Waals surface area contributed by atoms with Crippen LogP contribution in [0.2, 0.25) is 0 Å². The molecule has 0 aliphatic heterocycles. The second-order valence-electron chi connectivity index (χ2n) is 7.46. The number of hydrogen-bond acceptors (Lipinski definition) is 6. The highest BCUT2D eigenvalue weighted by Gasteiger charge is 2.21. The average Bonchev–Trinajstić information content (AvgIpc) is 3.19. The van der Waals surface area contributed by atoms with E-state index in [2.05, 4.69) is 44.7 Å². The fourth-order valence-corrected chi connectivity index (χ4v) is 4.54. The Balaban J connectivity index is 1.81. The lowest BCUT2D eigenvalue weighted by molar-refractivity contribution is -0.120. The molecule has 0 saturated carbocycles. The third-order valence-corrected chi connectivity index (χ3v) is 6.53. The lowest BCUT2D eigenvalue weighted by atomic mass is 10.1. The van der Waals surface area contributed by atoms with Crippen LogP contribution in [0, 0.1) is 13.8 Å².